The summed E-state index contributed by atoms with van der Waals surface area (Å²) in [4.78, 5) is 6.88. The molecular formula is C19H22N2. The Labute approximate surface area is 127 Å². The van der Waals surface area contributed by atoms with Crippen LogP contribution in [0.4, 0.5) is 0 Å². The van der Waals surface area contributed by atoms with E-state index in [1.807, 2.05) is 18.5 Å². The molecule has 0 saturated heterocycles. The smallest absolute Gasteiger partial charge is 0.0407 e. The van der Waals surface area contributed by atoms with Gasteiger partial charge in [0.15, 0.2) is 0 Å². The molecule has 21 heavy (non-hydrogen) atoms. The highest BCUT2D eigenvalue weighted by Crippen LogP contribution is 2.36. The van der Waals surface area contributed by atoms with Gasteiger partial charge in [0.2, 0.25) is 0 Å². The first-order chi connectivity index (χ1) is 10.3. The molecule has 0 N–H and O–H groups in total. The van der Waals surface area contributed by atoms with Crippen LogP contribution in [-0.4, -0.2) is 16.4 Å². The van der Waals surface area contributed by atoms with E-state index >= 15 is 0 Å². The summed E-state index contributed by atoms with van der Waals surface area (Å²) in [5, 5.41) is 0. The van der Waals surface area contributed by atoms with Gasteiger partial charge in [0.25, 0.3) is 0 Å². The highest BCUT2D eigenvalue weighted by molar-refractivity contribution is 5.24. The number of pyridine rings is 1. The zero-order chi connectivity index (χ0) is 14.7. The normalized spacial score (nSPS) is 20.9. The topological polar surface area (TPSA) is 16.1 Å². The number of rotatable bonds is 3. The maximum atomic E-state index is 4.30. The van der Waals surface area contributed by atoms with Crippen LogP contribution in [0.1, 0.15) is 43.5 Å². The molecule has 1 aliphatic heterocycles. The zero-order valence-corrected chi connectivity index (χ0v) is 12.7. The van der Waals surface area contributed by atoms with Crippen molar-refractivity contribution in [3.8, 4) is 0 Å². The standard InChI is InChI=1S/C19H22N2/c1-15-10-11-19(18-9-6-12-20-13-18)21(14-15)16(2)17-7-4-3-5-8-17/h3-10,12-13,16,19H,11,14H2,1-2H3/t16-,19?/m0/s1. The van der Waals surface area contributed by atoms with Gasteiger partial charge in [0.1, 0.15) is 0 Å². The van der Waals surface area contributed by atoms with Crippen LogP contribution < -0.4 is 0 Å². The molecule has 1 unspecified atom stereocenters. The summed E-state index contributed by atoms with van der Waals surface area (Å²) in [6, 6.07) is 15.8. The van der Waals surface area contributed by atoms with E-state index in [-0.39, 0.29) is 0 Å². The molecule has 3 rings (SSSR count). The van der Waals surface area contributed by atoms with Crippen molar-refractivity contribution in [1.82, 2.24) is 9.88 Å². The average Bonchev–Trinajstić information content (AvgIpc) is 2.56. The summed E-state index contributed by atoms with van der Waals surface area (Å²) in [6.07, 6.45) is 7.28. The lowest BCUT2D eigenvalue weighted by molar-refractivity contribution is 0.149. The van der Waals surface area contributed by atoms with Gasteiger partial charge in [-0.25, -0.2) is 0 Å². The van der Waals surface area contributed by atoms with Gasteiger partial charge >= 0.3 is 0 Å². The molecule has 2 heteroatoms. The van der Waals surface area contributed by atoms with Crippen molar-refractivity contribution in [2.24, 2.45) is 0 Å². The van der Waals surface area contributed by atoms with E-state index < -0.39 is 0 Å². The van der Waals surface area contributed by atoms with Gasteiger partial charge in [0, 0.05) is 31.0 Å². The maximum absolute atomic E-state index is 4.30. The monoisotopic (exact) mass is 278 g/mol. The Morgan fingerprint density at radius 1 is 1.14 bits per heavy atom. The third-order valence-corrected chi connectivity index (χ3v) is 4.37. The molecule has 0 fully saturated rings. The predicted octanol–water partition coefficient (Wildman–Crippen LogP) is 4.54. The number of benzene rings is 1. The van der Waals surface area contributed by atoms with Gasteiger partial charge in [-0.15, -0.1) is 0 Å². The number of hydrogen-bond donors (Lipinski definition) is 0. The first-order valence-corrected chi connectivity index (χ1v) is 7.62. The van der Waals surface area contributed by atoms with Crippen LogP contribution in [0.3, 0.4) is 0 Å². The average molecular weight is 278 g/mol. The SMILES string of the molecule is CC1=CCC(c2cccnc2)N([C@@H](C)c2ccccc2)C1. The van der Waals surface area contributed by atoms with Crippen LogP contribution in [0, 0.1) is 0 Å². The fourth-order valence-corrected chi connectivity index (χ4v) is 3.14. The fourth-order valence-electron chi connectivity index (χ4n) is 3.14. The summed E-state index contributed by atoms with van der Waals surface area (Å²) in [6.45, 7) is 5.55. The molecule has 0 saturated carbocycles. The molecule has 0 amide bonds. The van der Waals surface area contributed by atoms with E-state index in [9.17, 15) is 0 Å². The van der Waals surface area contributed by atoms with Gasteiger partial charge in [-0.05, 0) is 37.5 Å². The Morgan fingerprint density at radius 3 is 2.67 bits per heavy atom. The van der Waals surface area contributed by atoms with Crippen molar-refractivity contribution >= 4 is 0 Å². The van der Waals surface area contributed by atoms with E-state index in [1.165, 1.54) is 16.7 Å². The number of nitrogens with zero attached hydrogens (tertiary/aromatic N) is 2. The van der Waals surface area contributed by atoms with Crippen molar-refractivity contribution < 1.29 is 0 Å². The van der Waals surface area contributed by atoms with Crippen LogP contribution in [-0.2, 0) is 0 Å². The minimum atomic E-state index is 0.403. The van der Waals surface area contributed by atoms with Crippen molar-refractivity contribution in [3.63, 3.8) is 0 Å². The third kappa shape index (κ3) is 3.06. The highest BCUT2D eigenvalue weighted by atomic mass is 15.2. The third-order valence-electron chi connectivity index (χ3n) is 4.37. The Hall–Kier alpha value is -1.93. The van der Waals surface area contributed by atoms with E-state index in [0.717, 1.165) is 13.0 Å². The highest BCUT2D eigenvalue weighted by Gasteiger charge is 2.28. The second-order valence-corrected chi connectivity index (χ2v) is 5.85. The summed E-state index contributed by atoms with van der Waals surface area (Å²) in [7, 11) is 0. The molecule has 2 nitrogen and oxygen atoms in total. The first kappa shape index (κ1) is 14.0. The maximum Gasteiger partial charge on any atom is 0.0407 e. The van der Waals surface area contributed by atoms with E-state index in [1.54, 1.807) is 0 Å². The van der Waals surface area contributed by atoms with Gasteiger partial charge in [-0.1, -0.05) is 48.0 Å². The molecule has 108 valence electrons. The zero-order valence-electron chi connectivity index (χ0n) is 12.7. The molecule has 0 aliphatic carbocycles. The molecule has 1 aromatic carbocycles. The summed E-state index contributed by atoms with van der Waals surface area (Å²) in [5.74, 6) is 0. The van der Waals surface area contributed by atoms with Crippen molar-refractivity contribution in [3.05, 3.63) is 77.6 Å². The molecular weight excluding hydrogens is 256 g/mol. The largest absolute Gasteiger partial charge is 0.285 e. The molecule has 2 heterocycles. The number of hydrogen-bond acceptors (Lipinski definition) is 2. The van der Waals surface area contributed by atoms with E-state index in [0.29, 0.717) is 12.1 Å². The van der Waals surface area contributed by atoms with Crippen LogP contribution >= 0.6 is 0 Å². The second kappa shape index (κ2) is 6.23. The minimum absolute atomic E-state index is 0.403. The quantitative estimate of drug-likeness (QED) is 0.766. The van der Waals surface area contributed by atoms with E-state index in [2.05, 4.69) is 66.2 Å². The lowest BCUT2D eigenvalue weighted by Crippen LogP contribution is -2.35. The van der Waals surface area contributed by atoms with Crippen LogP contribution in [0.15, 0.2) is 66.5 Å². The summed E-state index contributed by atoms with van der Waals surface area (Å²) in [5.41, 5.74) is 4.14. The van der Waals surface area contributed by atoms with Gasteiger partial charge in [-0.2, -0.15) is 0 Å². The van der Waals surface area contributed by atoms with E-state index in [4.69, 9.17) is 0 Å². The molecule has 1 aromatic heterocycles. The lowest BCUT2D eigenvalue weighted by atomic mass is 9.94. The lowest BCUT2D eigenvalue weighted by Gasteiger charge is -2.39. The summed E-state index contributed by atoms with van der Waals surface area (Å²) >= 11 is 0. The van der Waals surface area contributed by atoms with Crippen molar-refractivity contribution in [2.75, 3.05) is 6.54 Å². The van der Waals surface area contributed by atoms with Gasteiger partial charge in [0.05, 0.1) is 0 Å². The number of aromatic nitrogens is 1. The van der Waals surface area contributed by atoms with Crippen molar-refractivity contribution in [2.45, 2.75) is 32.4 Å². The minimum Gasteiger partial charge on any atom is -0.285 e. The molecule has 0 spiro atoms. The van der Waals surface area contributed by atoms with Crippen LogP contribution in [0.25, 0.3) is 0 Å². The Bertz CT molecular complexity index is 604. The Balaban J connectivity index is 1.92. The first-order valence-electron chi connectivity index (χ1n) is 7.62. The van der Waals surface area contributed by atoms with Crippen LogP contribution in [0.2, 0.25) is 0 Å². The van der Waals surface area contributed by atoms with Crippen molar-refractivity contribution in [1.29, 1.82) is 0 Å². The summed E-state index contributed by atoms with van der Waals surface area (Å²) < 4.78 is 0. The van der Waals surface area contributed by atoms with Gasteiger partial charge in [-0.3, -0.25) is 9.88 Å². The molecule has 2 atom stereocenters. The molecule has 0 radical (unpaired) electrons. The predicted molar refractivity (Wildman–Crippen MR) is 86.9 cm³/mol. The van der Waals surface area contributed by atoms with Crippen LogP contribution in [0.5, 0.6) is 0 Å². The Kier molecular flexibility index (Phi) is 4.16. The van der Waals surface area contributed by atoms with Gasteiger partial charge < -0.3 is 0 Å². The Morgan fingerprint density at radius 2 is 1.95 bits per heavy atom. The second-order valence-electron chi connectivity index (χ2n) is 5.85. The molecule has 2 aromatic rings. The fraction of sp³-hybridized carbons (Fsp3) is 0.316. The molecule has 0 bridgehead atoms. The molecule has 1 aliphatic rings.